The number of methoxy groups -OCH3 is 1. The Morgan fingerprint density at radius 1 is 1.03 bits per heavy atom. The Morgan fingerprint density at radius 3 is 2.39 bits per heavy atom. The molecule has 0 aliphatic carbocycles. The summed E-state index contributed by atoms with van der Waals surface area (Å²) in [6.45, 7) is 1.83. The minimum absolute atomic E-state index is 0.182. The number of fused-ring (bicyclic) bond motifs is 1. The van der Waals surface area contributed by atoms with E-state index in [-0.39, 0.29) is 24.7 Å². The van der Waals surface area contributed by atoms with Crippen LogP contribution in [0, 0.1) is 6.92 Å². The summed E-state index contributed by atoms with van der Waals surface area (Å²) in [4.78, 5) is 31.7. The Kier molecular flexibility index (Phi) is 5.75. The quantitative estimate of drug-likeness (QED) is 0.442. The van der Waals surface area contributed by atoms with Crippen molar-refractivity contribution in [3.63, 3.8) is 0 Å². The van der Waals surface area contributed by atoms with Gasteiger partial charge in [-0.2, -0.15) is 0 Å². The molecule has 2 aromatic carbocycles. The van der Waals surface area contributed by atoms with E-state index in [4.69, 9.17) is 9.26 Å². The van der Waals surface area contributed by atoms with Gasteiger partial charge in [-0.1, -0.05) is 65.8 Å². The maximum atomic E-state index is 13.7. The molecule has 0 atom stereocenters. The number of ether oxygens (including phenoxy) is 1. The lowest BCUT2D eigenvalue weighted by molar-refractivity contribution is -0.141. The zero-order chi connectivity index (χ0) is 21.8. The van der Waals surface area contributed by atoms with E-state index in [0.717, 1.165) is 11.1 Å². The van der Waals surface area contributed by atoms with Crippen LogP contribution in [-0.2, 0) is 16.1 Å². The predicted molar refractivity (Wildman–Crippen MR) is 115 cm³/mol. The van der Waals surface area contributed by atoms with Gasteiger partial charge in [-0.15, -0.1) is 0 Å². The number of carbonyl (C=O) groups is 2. The van der Waals surface area contributed by atoms with Crippen LogP contribution < -0.4 is 0 Å². The highest BCUT2D eigenvalue weighted by Gasteiger charge is 2.25. The molecule has 0 spiro atoms. The number of aromatic nitrogens is 2. The van der Waals surface area contributed by atoms with E-state index < -0.39 is 5.97 Å². The first-order valence-electron chi connectivity index (χ1n) is 9.79. The number of amides is 1. The Morgan fingerprint density at radius 2 is 1.71 bits per heavy atom. The Labute approximate surface area is 179 Å². The summed E-state index contributed by atoms with van der Waals surface area (Å²) in [6, 6.07) is 20.7. The first-order valence-corrected chi connectivity index (χ1v) is 9.79. The third-order valence-corrected chi connectivity index (χ3v) is 4.97. The number of benzene rings is 2. The molecule has 0 saturated carbocycles. The highest BCUT2D eigenvalue weighted by molar-refractivity contribution is 6.07. The van der Waals surface area contributed by atoms with Gasteiger partial charge >= 0.3 is 5.97 Å². The fraction of sp³-hybridized carbons (Fsp3) is 0.167. The van der Waals surface area contributed by atoms with Gasteiger partial charge in [-0.3, -0.25) is 9.59 Å². The summed E-state index contributed by atoms with van der Waals surface area (Å²) in [6.07, 6.45) is 0. The van der Waals surface area contributed by atoms with Crippen LogP contribution >= 0.6 is 0 Å². The topological polar surface area (TPSA) is 85.5 Å². The Bertz CT molecular complexity index is 1220. The average Bonchev–Trinajstić information content (AvgIpc) is 3.19. The standard InChI is InChI=1S/C24H21N3O4/c1-16-22-19(13-20(25-23(22)31-26-16)18-11-7-4-8-12-18)24(29)27(15-21(28)30-2)14-17-9-5-3-6-10-17/h3-13H,14-15H2,1-2H3. The molecule has 0 radical (unpaired) electrons. The van der Waals surface area contributed by atoms with Crippen molar-refractivity contribution in [2.75, 3.05) is 13.7 Å². The van der Waals surface area contributed by atoms with Gasteiger partial charge < -0.3 is 14.2 Å². The number of nitrogens with zero attached hydrogens (tertiary/aromatic N) is 3. The largest absolute Gasteiger partial charge is 0.468 e. The third kappa shape index (κ3) is 4.30. The summed E-state index contributed by atoms with van der Waals surface area (Å²) in [5.41, 5.74) is 3.54. The van der Waals surface area contributed by atoms with Crippen LogP contribution in [0.1, 0.15) is 21.6 Å². The highest BCUT2D eigenvalue weighted by atomic mass is 16.5. The second-order valence-electron chi connectivity index (χ2n) is 7.09. The zero-order valence-corrected chi connectivity index (χ0v) is 17.2. The lowest BCUT2D eigenvalue weighted by Gasteiger charge is -2.22. The van der Waals surface area contributed by atoms with Gasteiger partial charge in [0.1, 0.15) is 6.54 Å². The molecular weight excluding hydrogens is 394 g/mol. The Hall–Kier alpha value is -4.00. The van der Waals surface area contributed by atoms with Crippen LogP contribution in [0.5, 0.6) is 0 Å². The summed E-state index contributed by atoms with van der Waals surface area (Å²) >= 11 is 0. The van der Waals surface area contributed by atoms with Crippen molar-refractivity contribution in [3.8, 4) is 11.3 Å². The van der Waals surface area contributed by atoms with Gasteiger partial charge in [0.25, 0.3) is 11.6 Å². The number of rotatable bonds is 6. The normalized spacial score (nSPS) is 10.8. The number of esters is 1. The number of aryl methyl sites for hydroxylation is 1. The minimum atomic E-state index is -0.500. The molecule has 1 amide bonds. The molecule has 0 N–H and O–H groups in total. The molecule has 156 valence electrons. The van der Waals surface area contributed by atoms with E-state index in [0.29, 0.717) is 22.3 Å². The molecule has 4 aromatic rings. The van der Waals surface area contributed by atoms with Gasteiger partial charge in [0.15, 0.2) is 0 Å². The van der Waals surface area contributed by atoms with Gasteiger partial charge in [-0.25, -0.2) is 4.98 Å². The van der Waals surface area contributed by atoms with Crippen LogP contribution in [0.4, 0.5) is 0 Å². The number of hydrogen-bond acceptors (Lipinski definition) is 6. The molecule has 7 heteroatoms. The molecule has 31 heavy (non-hydrogen) atoms. The van der Waals surface area contributed by atoms with Crippen molar-refractivity contribution in [2.24, 2.45) is 0 Å². The maximum Gasteiger partial charge on any atom is 0.325 e. The number of pyridine rings is 1. The number of carbonyl (C=O) groups excluding carboxylic acids is 2. The summed E-state index contributed by atoms with van der Waals surface area (Å²) < 4.78 is 10.2. The molecule has 0 fully saturated rings. The summed E-state index contributed by atoms with van der Waals surface area (Å²) in [5, 5.41) is 4.53. The van der Waals surface area contributed by atoms with E-state index in [1.807, 2.05) is 60.7 Å². The van der Waals surface area contributed by atoms with Gasteiger partial charge in [0.05, 0.1) is 29.4 Å². The lowest BCUT2D eigenvalue weighted by Crippen LogP contribution is -2.36. The number of hydrogen-bond donors (Lipinski definition) is 0. The van der Waals surface area contributed by atoms with Crippen molar-refractivity contribution < 1.29 is 18.8 Å². The van der Waals surface area contributed by atoms with Crippen LogP contribution in [-0.4, -0.2) is 40.6 Å². The summed E-state index contributed by atoms with van der Waals surface area (Å²) in [7, 11) is 1.30. The third-order valence-electron chi connectivity index (χ3n) is 4.97. The molecule has 2 aromatic heterocycles. The Balaban J connectivity index is 1.80. The molecular formula is C24H21N3O4. The molecule has 0 unspecified atom stereocenters. The average molecular weight is 415 g/mol. The van der Waals surface area contributed by atoms with E-state index >= 15 is 0 Å². The fourth-order valence-corrected chi connectivity index (χ4v) is 3.41. The monoisotopic (exact) mass is 415 g/mol. The smallest absolute Gasteiger partial charge is 0.325 e. The van der Waals surface area contributed by atoms with Crippen molar-refractivity contribution in [1.82, 2.24) is 15.0 Å². The van der Waals surface area contributed by atoms with Gasteiger partial charge in [0.2, 0.25) is 0 Å². The van der Waals surface area contributed by atoms with E-state index in [9.17, 15) is 9.59 Å². The van der Waals surface area contributed by atoms with Crippen LogP contribution in [0.2, 0.25) is 0 Å². The van der Waals surface area contributed by atoms with E-state index in [2.05, 4.69) is 10.1 Å². The molecule has 0 saturated heterocycles. The van der Waals surface area contributed by atoms with E-state index in [1.165, 1.54) is 12.0 Å². The first-order chi connectivity index (χ1) is 15.1. The molecule has 2 heterocycles. The molecule has 7 nitrogen and oxygen atoms in total. The second kappa shape index (κ2) is 8.79. The van der Waals surface area contributed by atoms with E-state index in [1.54, 1.807) is 13.0 Å². The zero-order valence-electron chi connectivity index (χ0n) is 17.2. The van der Waals surface area contributed by atoms with Crippen molar-refractivity contribution in [3.05, 3.63) is 83.6 Å². The van der Waals surface area contributed by atoms with Crippen LogP contribution in [0.3, 0.4) is 0 Å². The van der Waals surface area contributed by atoms with Crippen LogP contribution in [0.15, 0.2) is 71.3 Å². The van der Waals surface area contributed by atoms with Crippen molar-refractivity contribution in [1.29, 1.82) is 0 Å². The molecule has 0 aliphatic rings. The van der Waals surface area contributed by atoms with Crippen molar-refractivity contribution >= 4 is 23.0 Å². The molecule has 0 aliphatic heterocycles. The molecule has 4 rings (SSSR count). The summed E-state index contributed by atoms with van der Waals surface area (Å²) in [5.74, 6) is -0.829. The minimum Gasteiger partial charge on any atom is -0.468 e. The lowest BCUT2D eigenvalue weighted by atomic mass is 10.0. The maximum absolute atomic E-state index is 13.7. The predicted octanol–water partition coefficient (Wildman–Crippen LogP) is 4.01. The van der Waals surface area contributed by atoms with Gasteiger partial charge in [-0.05, 0) is 18.6 Å². The highest BCUT2D eigenvalue weighted by Crippen LogP contribution is 2.28. The molecule has 0 bridgehead atoms. The van der Waals surface area contributed by atoms with Crippen molar-refractivity contribution in [2.45, 2.75) is 13.5 Å². The second-order valence-corrected chi connectivity index (χ2v) is 7.09. The van der Waals surface area contributed by atoms with Crippen LogP contribution in [0.25, 0.3) is 22.4 Å². The van der Waals surface area contributed by atoms with Gasteiger partial charge in [0, 0.05) is 12.1 Å². The SMILES string of the molecule is COC(=O)CN(Cc1ccccc1)C(=O)c1cc(-c2ccccc2)nc2onc(C)c12. The first kappa shape index (κ1) is 20.3. The fourth-order valence-electron chi connectivity index (χ4n) is 3.41.